The zero-order chi connectivity index (χ0) is 13.1. The Hall–Kier alpha value is -1.55. The number of urea groups is 1. The summed E-state index contributed by atoms with van der Waals surface area (Å²) < 4.78 is 0. The molecule has 0 aromatic heterocycles. The molecule has 4 nitrogen and oxygen atoms in total. The number of nitrogens with two attached hydrogens (primary N) is 1. The van der Waals surface area contributed by atoms with E-state index in [2.05, 4.69) is 43.4 Å². The van der Waals surface area contributed by atoms with Crippen molar-refractivity contribution in [3.05, 3.63) is 35.4 Å². The first-order chi connectivity index (χ1) is 8.60. The van der Waals surface area contributed by atoms with Gasteiger partial charge >= 0.3 is 6.03 Å². The fourth-order valence-corrected chi connectivity index (χ4v) is 2.18. The summed E-state index contributed by atoms with van der Waals surface area (Å²) in [4.78, 5) is 13.7. The fraction of sp³-hybridized carbons (Fsp3) is 0.500. The molecule has 98 valence electrons. The van der Waals surface area contributed by atoms with Gasteiger partial charge in [-0.15, -0.1) is 0 Å². The van der Waals surface area contributed by atoms with E-state index >= 15 is 0 Å². The molecule has 1 aliphatic rings. The molecule has 1 fully saturated rings. The SMILES string of the molecule is Cc1ccc(C2CN(CC(C)CN)C(=O)N2)cc1. The summed E-state index contributed by atoms with van der Waals surface area (Å²) in [6.45, 7) is 6.19. The molecular formula is C14H21N3O. The standard InChI is InChI=1S/C14H21N3O/c1-10-3-5-12(6-4-10)13-9-17(14(18)16-13)8-11(2)7-15/h3-6,11,13H,7-9,15H2,1-2H3,(H,16,18). The van der Waals surface area contributed by atoms with Crippen molar-refractivity contribution in [1.29, 1.82) is 0 Å². The molecule has 2 amide bonds. The van der Waals surface area contributed by atoms with Gasteiger partial charge in [0.1, 0.15) is 0 Å². The lowest BCUT2D eigenvalue weighted by Gasteiger charge is -2.18. The topological polar surface area (TPSA) is 58.4 Å². The van der Waals surface area contributed by atoms with E-state index in [4.69, 9.17) is 5.73 Å². The number of carbonyl (C=O) groups excluding carboxylic acids is 1. The molecule has 0 bridgehead atoms. The van der Waals surface area contributed by atoms with E-state index in [-0.39, 0.29) is 12.1 Å². The highest BCUT2D eigenvalue weighted by molar-refractivity contribution is 5.77. The minimum absolute atomic E-state index is 0.0147. The van der Waals surface area contributed by atoms with Gasteiger partial charge in [0.25, 0.3) is 0 Å². The first kappa shape index (κ1) is 12.9. The van der Waals surface area contributed by atoms with Crippen molar-refractivity contribution in [2.24, 2.45) is 11.7 Å². The third kappa shape index (κ3) is 2.82. The van der Waals surface area contributed by atoms with E-state index in [1.165, 1.54) is 5.56 Å². The molecule has 4 heteroatoms. The summed E-state index contributed by atoms with van der Waals surface area (Å²) >= 11 is 0. The van der Waals surface area contributed by atoms with Gasteiger partial charge in [-0.2, -0.15) is 0 Å². The zero-order valence-corrected chi connectivity index (χ0v) is 11.0. The maximum Gasteiger partial charge on any atom is 0.318 e. The number of nitrogens with one attached hydrogen (secondary N) is 1. The molecule has 2 atom stereocenters. The largest absolute Gasteiger partial charge is 0.330 e. The summed E-state index contributed by atoms with van der Waals surface area (Å²) in [7, 11) is 0. The monoisotopic (exact) mass is 247 g/mol. The van der Waals surface area contributed by atoms with Crippen LogP contribution in [0.4, 0.5) is 4.79 Å². The number of hydrogen-bond acceptors (Lipinski definition) is 2. The summed E-state index contributed by atoms with van der Waals surface area (Å²) in [5.41, 5.74) is 8.00. The van der Waals surface area contributed by atoms with Gasteiger partial charge in [0.05, 0.1) is 6.04 Å². The number of carbonyl (C=O) groups is 1. The van der Waals surface area contributed by atoms with E-state index in [1.54, 1.807) is 0 Å². The van der Waals surface area contributed by atoms with Crippen molar-refractivity contribution in [3.8, 4) is 0 Å². The molecule has 1 aromatic carbocycles. The molecule has 0 spiro atoms. The summed E-state index contributed by atoms with van der Waals surface area (Å²) in [6.07, 6.45) is 0. The van der Waals surface area contributed by atoms with Gasteiger partial charge in [0, 0.05) is 13.1 Å². The summed E-state index contributed by atoms with van der Waals surface area (Å²) in [6, 6.07) is 8.43. The normalized spacial score (nSPS) is 20.9. The van der Waals surface area contributed by atoms with Crippen LogP contribution in [0, 0.1) is 12.8 Å². The number of aryl methyl sites for hydroxylation is 1. The Kier molecular flexibility index (Phi) is 3.87. The minimum atomic E-state index is 0.0147. The maximum absolute atomic E-state index is 11.9. The van der Waals surface area contributed by atoms with Crippen LogP contribution in [0.15, 0.2) is 24.3 Å². The zero-order valence-electron chi connectivity index (χ0n) is 11.0. The molecule has 2 unspecified atom stereocenters. The van der Waals surface area contributed by atoms with Crippen LogP contribution in [0.5, 0.6) is 0 Å². The average Bonchev–Trinajstić information content (AvgIpc) is 2.71. The van der Waals surface area contributed by atoms with E-state index in [0.717, 1.165) is 18.7 Å². The molecule has 1 heterocycles. The molecule has 0 radical (unpaired) electrons. The van der Waals surface area contributed by atoms with Crippen LogP contribution >= 0.6 is 0 Å². The second-order valence-corrected chi connectivity index (χ2v) is 5.16. The molecule has 1 aliphatic heterocycles. The number of benzene rings is 1. The molecule has 1 aromatic rings. The second kappa shape index (κ2) is 5.40. The van der Waals surface area contributed by atoms with Crippen molar-refractivity contribution in [1.82, 2.24) is 10.2 Å². The van der Waals surface area contributed by atoms with Crippen LogP contribution in [0.3, 0.4) is 0 Å². The quantitative estimate of drug-likeness (QED) is 0.850. The number of hydrogen-bond donors (Lipinski definition) is 2. The lowest BCUT2D eigenvalue weighted by molar-refractivity contribution is 0.211. The first-order valence-corrected chi connectivity index (χ1v) is 6.42. The first-order valence-electron chi connectivity index (χ1n) is 6.42. The number of amides is 2. The van der Waals surface area contributed by atoms with Crippen LogP contribution in [0.2, 0.25) is 0 Å². The van der Waals surface area contributed by atoms with E-state index in [1.807, 2.05) is 4.90 Å². The number of rotatable bonds is 4. The molecule has 18 heavy (non-hydrogen) atoms. The summed E-state index contributed by atoms with van der Waals surface area (Å²) in [5, 5.41) is 3.02. The third-order valence-corrected chi connectivity index (χ3v) is 3.40. The Balaban J connectivity index is 2.02. The fourth-order valence-electron chi connectivity index (χ4n) is 2.18. The minimum Gasteiger partial charge on any atom is -0.330 e. The average molecular weight is 247 g/mol. The lowest BCUT2D eigenvalue weighted by atomic mass is 10.1. The highest BCUT2D eigenvalue weighted by atomic mass is 16.2. The smallest absolute Gasteiger partial charge is 0.318 e. The maximum atomic E-state index is 11.9. The molecule has 1 saturated heterocycles. The van der Waals surface area contributed by atoms with Crippen molar-refractivity contribution < 1.29 is 4.79 Å². The van der Waals surface area contributed by atoms with Gasteiger partial charge < -0.3 is 16.0 Å². The van der Waals surface area contributed by atoms with Gasteiger partial charge in [0.15, 0.2) is 0 Å². The Morgan fingerprint density at radius 3 is 2.72 bits per heavy atom. The third-order valence-electron chi connectivity index (χ3n) is 3.40. The Morgan fingerprint density at radius 2 is 2.11 bits per heavy atom. The van der Waals surface area contributed by atoms with E-state index in [0.29, 0.717) is 12.5 Å². The summed E-state index contributed by atoms with van der Waals surface area (Å²) in [5.74, 6) is 0.340. The van der Waals surface area contributed by atoms with Crippen LogP contribution < -0.4 is 11.1 Å². The van der Waals surface area contributed by atoms with Crippen molar-refractivity contribution in [3.63, 3.8) is 0 Å². The van der Waals surface area contributed by atoms with Gasteiger partial charge in [-0.1, -0.05) is 36.8 Å². The van der Waals surface area contributed by atoms with E-state index < -0.39 is 0 Å². The highest BCUT2D eigenvalue weighted by Crippen LogP contribution is 2.21. The predicted molar refractivity (Wildman–Crippen MR) is 72.2 cm³/mol. The van der Waals surface area contributed by atoms with Gasteiger partial charge in [-0.25, -0.2) is 4.79 Å². The molecule has 0 saturated carbocycles. The Morgan fingerprint density at radius 1 is 1.44 bits per heavy atom. The van der Waals surface area contributed by atoms with Gasteiger partial charge in [-0.05, 0) is 24.9 Å². The van der Waals surface area contributed by atoms with Crippen LogP contribution in [0.1, 0.15) is 24.1 Å². The lowest BCUT2D eigenvalue weighted by Crippen LogP contribution is -2.34. The van der Waals surface area contributed by atoms with Gasteiger partial charge in [-0.3, -0.25) is 0 Å². The Labute approximate surface area is 108 Å². The van der Waals surface area contributed by atoms with Crippen molar-refractivity contribution >= 4 is 6.03 Å². The van der Waals surface area contributed by atoms with Crippen molar-refractivity contribution in [2.75, 3.05) is 19.6 Å². The molecular weight excluding hydrogens is 226 g/mol. The predicted octanol–water partition coefficient (Wildman–Crippen LogP) is 1.66. The number of nitrogens with zero attached hydrogens (tertiary/aromatic N) is 1. The Bertz CT molecular complexity index is 416. The van der Waals surface area contributed by atoms with Crippen LogP contribution in [-0.4, -0.2) is 30.6 Å². The molecule has 2 rings (SSSR count). The van der Waals surface area contributed by atoms with Crippen molar-refractivity contribution in [2.45, 2.75) is 19.9 Å². The second-order valence-electron chi connectivity index (χ2n) is 5.16. The molecule has 3 N–H and O–H groups in total. The van der Waals surface area contributed by atoms with Gasteiger partial charge in [0.2, 0.25) is 0 Å². The molecule has 0 aliphatic carbocycles. The van der Waals surface area contributed by atoms with Crippen LogP contribution in [-0.2, 0) is 0 Å². The van der Waals surface area contributed by atoms with Crippen LogP contribution in [0.25, 0.3) is 0 Å². The highest BCUT2D eigenvalue weighted by Gasteiger charge is 2.30. The van der Waals surface area contributed by atoms with E-state index in [9.17, 15) is 4.79 Å².